The van der Waals surface area contributed by atoms with Crippen LogP contribution in [0.4, 0.5) is 0 Å². The second-order valence-electron chi connectivity index (χ2n) is 7.41. The number of carbonyl (C=O) groups excluding carboxylic acids is 1. The maximum atomic E-state index is 12.5. The fraction of sp³-hybridized carbons (Fsp3) is 0.550. The fourth-order valence-corrected chi connectivity index (χ4v) is 4.12. The fourth-order valence-electron chi connectivity index (χ4n) is 4.12. The highest BCUT2D eigenvalue weighted by atomic mass is 16.3. The first-order valence-corrected chi connectivity index (χ1v) is 9.50. The van der Waals surface area contributed by atoms with Crippen LogP contribution in [0.5, 0.6) is 0 Å². The number of piperidine rings is 2. The lowest BCUT2D eigenvalue weighted by atomic mass is 9.96. The molecule has 2 aliphatic rings. The summed E-state index contributed by atoms with van der Waals surface area (Å²) < 4.78 is 5.69. The summed E-state index contributed by atoms with van der Waals surface area (Å²) >= 11 is 0. The van der Waals surface area contributed by atoms with Gasteiger partial charge in [-0.1, -0.05) is 18.2 Å². The molecule has 2 N–H and O–H groups in total. The molecule has 5 heteroatoms. The van der Waals surface area contributed by atoms with Gasteiger partial charge in [-0.05, 0) is 63.4 Å². The van der Waals surface area contributed by atoms with Gasteiger partial charge in [0, 0.05) is 24.5 Å². The van der Waals surface area contributed by atoms with E-state index in [0.717, 1.165) is 55.9 Å². The lowest BCUT2D eigenvalue weighted by molar-refractivity contribution is 0.0866. The van der Waals surface area contributed by atoms with E-state index >= 15 is 0 Å². The molecule has 0 bridgehead atoms. The van der Waals surface area contributed by atoms with E-state index in [4.69, 9.17) is 4.42 Å². The number of furan rings is 1. The van der Waals surface area contributed by atoms with Gasteiger partial charge in [-0.2, -0.15) is 0 Å². The molecule has 0 saturated carbocycles. The van der Waals surface area contributed by atoms with Crippen molar-refractivity contribution in [3.8, 4) is 0 Å². The van der Waals surface area contributed by atoms with Gasteiger partial charge in [0.1, 0.15) is 5.58 Å². The van der Waals surface area contributed by atoms with Crippen LogP contribution < -0.4 is 10.6 Å². The standard InChI is InChI=1S/C20H27N3O2/c24-20(19-12-16-4-1-2-6-18(16)25-19)22-17-5-3-11-23(14-17)13-15-7-9-21-10-8-15/h1-2,4,6,12,15,17,21H,3,5,7-11,13-14H2,(H,22,24). The largest absolute Gasteiger partial charge is 0.451 e. The van der Waals surface area contributed by atoms with E-state index in [2.05, 4.69) is 15.5 Å². The summed E-state index contributed by atoms with van der Waals surface area (Å²) in [5.74, 6) is 1.12. The number of carbonyl (C=O) groups is 1. The number of nitrogens with one attached hydrogen (secondary N) is 2. The minimum Gasteiger partial charge on any atom is -0.451 e. The van der Waals surface area contributed by atoms with Crippen LogP contribution in [0.2, 0.25) is 0 Å². The van der Waals surface area contributed by atoms with Crippen LogP contribution >= 0.6 is 0 Å². The van der Waals surface area contributed by atoms with Crippen molar-refractivity contribution >= 4 is 16.9 Å². The molecular formula is C20H27N3O2. The zero-order valence-corrected chi connectivity index (χ0v) is 14.7. The molecular weight excluding hydrogens is 314 g/mol. The van der Waals surface area contributed by atoms with Crippen molar-refractivity contribution in [3.05, 3.63) is 36.1 Å². The lowest BCUT2D eigenvalue weighted by Gasteiger charge is -2.36. The number of nitrogens with zero attached hydrogens (tertiary/aromatic N) is 1. The summed E-state index contributed by atoms with van der Waals surface area (Å²) in [6.07, 6.45) is 4.74. The Morgan fingerprint density at radius 1 is 1.24 bits per heavy atom. The first-order chi connectivity index (χ1) is 12.3. The summed E-state index contributed by atoms with van der Waals surface area (Å²) in [5.41, 5.74) is 0.767. The van der Waals surface area contributed by atoms with Crippen LogP contribution in [0.25, 0.3) is 11.0 Å². The van der Waals surface area contributed by atoms with Crippen molar-refractivity contribution < 1.29 is 9.21 Å². The van der Waals surface area contributed by atoms with Crippen molar-refractivity contribution in [1.82, 2.24) is 15.5 Å². The molecule has 2 aliphatic heterocycles. The summed E-state index contributed by atoms with van der Waals surface area (Å²) in [4.78, 5) is 15.1. The molecule has 1 aromatic carbocycles. The molecule has 4 rings (SSSR count). The van der Waals surface area contributed by atoms with E-state index in [1.165, 1.54) is 19.4 Å². The Kier molecular flexibility index (Phi) is 5.04. The number of fused-ring (bicyclic) bond motifs is 1. The van der Waals surface area contributed by atoms with Gasteiger partial charge < -0.3 is 20.0 Å². The van der Waals surface area contributed by atoms with Crippen molar-refractivity contribution in [2.45, 2.75) is 31.7 Å². The van der Waals surface area contributed by atoms with E-state index < -0.39 is 0 Å². The molecule has 0 radical (unpaired) electrons. The van der Waals surface area contributed by atoms with E-state index in [9.17, 15) is 4.79 Å². The molecule has 134 valence electrons. The molecule has 2 saturated heterocycles. The van der Waals surface area contributed by atoms with Crippen molar-refractivity contribution in [1.29, 1.82) is 0 Å². The number of amides is 1. The van der Waals surface area contributed by atoms with Gasteiger partial charge in [0.25, 0.3) is 5.91 Å². The average molecular weight is 341 g/mol. The summed E-state index contributed by atoms with van der Waals surface area (Å²) in [6, 6.07) is 9.80. The summed E-state index contributed by atoms with van der Waals surface area (Å²) in [7, 11) is 0. The normalized spacial score (nSPS) is 23.0. The predicted octanol–water partition coefficient (Wildman–Crippen LogP) is 2.63. The van der Waals surface area contributed by atoms with Crippen molar-refractivity contribution in [2.24, 2.45) is 5.92 Å². The molecule has 0 aliphatic carbocycles. The number of benzene rings is 1. The maximum Gasteiger partial charge on any atom is 0.287 e. The third-order valence-electron chi connectivity index (χ3n) is 5.47. The Balaban J connectivity index is 1.34. The van der Waals surface area contributed by atoms with Crippen molar-refractivity contribution in [3.63, 3.8) is 0 Å². The monoisotopic (exact) mass is 341 g/mol. The van der Waals surface area contributed by atoms with Crippen LogP contribution in [0.3, 0.4) is 0 Å². The highest BCUT2D eigenvalue weighted by Crippen LogP contribution is 2.20. The smallest absolute Gasteiger partial charge is 0.287 e. The minimum atomic E-state index is -0.0927. The maximum absolute atomic E-state index is 12.5. The summed E-state index contributed by atoms with van der Waals surface area (Å²) in [6.45, 7) is 5.56. The number of rotatable bonds is 4. The Bertz CT molecular complexity index is 688. The first-order valence-electron chi connectivity index (χ1n) is 9.50. The molecule has 5 nitrogen and oxygen atoms in total. The van der Waals surface area contributed by atoms with Crippen LogP contribution in [-0.2, 0) is 0 Å². The van der Waals surface area contributed by atoms with Gasteiger partial charge >= 0.3 is 0 Å². The van der Waals surface area contributed by atoms with Gasteiger partial charge in [-0.15, -0.1) is 0 Å². The average Bonchev–Trinajstić information content (AvgIpc) is 3.07. The van der Waals surface area contributed by atoms with Crippen LogP contribution in [-0.4, -0.2) is 49.6 Å². The number of para-hydroxylation sites is 1. The van der Waals surface area contributed by atoms with E-state index in [-0.39, 0.29) is 11.9 Å². The third kappa shape index (κ3) is 4.05. The van der Waals surface area contributed by atoms with Crippen molar-refractivity contribution in [2.75, 3.05) is 32.7 Å². The van der Waals surface area contributed by atoms with Gasteiger partial charge in [0.2, 0.25) is 0 Å². The van der Waals surface area contributed by atoms with Crippen LogP contribution in [0, 0.1) is 5.92 Å². The third-order valence-corrected chi connectivity index (χ3v) is 5.47. The van der Waals surface area contributed by atoms with Crippen LogP contribution in [0.15, 0.2) is 34.7 Å². The Hall–Kier alpha value is -1.85. The Morgan fingerprint density at radius 3 is 2.92 bits per heavy atom. The SMILES string of the molecule is O=C(NC1CCCN(CC2CCNCC2)C1)c1cc2ccccc2o1. The highest BCUT2D eigenvalue weighted by molar-refractivity contribution is 5.96. The van der Waals surface area contributed by atoms with E-state index in [0.29, 0.717) is 5.76 Å². The van der Waals surface area contributed by atoms with Gasteiger partial charge in [0.05, 0.1) is 0 Å². The number of hydrogen-bond donors (Lipinski definition) is 2. The predicted molar refractivity (Wildman–Crippen MR) is 98.7 cm³/mol. The quantitative estimate of drug-likeness (QED) is 0.898. The van der Waals surface area contributed by atoms with Gasteiger partial charge in [-0.3, -0.25) is 4.79 Å². The van der Waals surface area contributed by atoms with Gasteiger partial charge in [0.15, 0.2) is 5.76 Å². The minimum absolute atomic E-state index is 0.0927. The summed E-state index contributed by atoms with van der Waals surface area (Å²) in [5, 5.41) is 7.58. The first kappa shape index (κ1) is 16.6. The molecule has 1 unspecified atom stereocenters. The van der Waals surface area contributed by atoms with E-state index in [1.807, 2.05) is 30.3 Å². The molecule has 0 spiro atoms. The second-order valence-corrected chi connectivity index (χ2v) is 7.41. The van der Waals surface area contributed by atoms with Gasteiger partial charge in [-0.25, -0.2) is 0 Å². The Morgan fingerprint density at radius 2 is 2.08 bits per heavy atom. The number of hydrogen-bond acceptors (Lipinski definition) is 4. The molecule has 1 aromatic heterocycles. The Labute approximate surface area is 148 Å². The molecule has 25 heavy (non-hydrogen) atoms. The second kappa shape index (κ2) is 7.58. The highest BCUT2D eigenvalue weighted by Gasteiger charge is 2.25. The molecule has 2 fully saturated rings. The topological polar surface area (TPSA) is 57.5 Å². The molecule has 2 aromatic rings. The molecule has 3 heterocycles. The molecule has 1 amide bonds. The zero-order chi connectivity index (χ0) is 17.1. The van der Waals surface area contributed by atoms with E-state index in [1.54, 1.807) is 0 Å². The lowest BCUT2D eigenvalue weighted by Crippen LogP contribution is -2.49. The van der Waals surface area contributed by atoms with Crippen LogP contribution in [0.1, 0.15) is 36.2 Å². The number of likely N-dealkylation sites (tertiary alicyclic amines) is 1. The molecule has 1 atom stereocenters. The zero-order valence-electron chi connectivity index (χ0n) is 14.7.